The first-order valence-corrected chi connectivity index (χ1v) is 9.15. The Labute approximate surface area is 149 Å². The molecule has 2 aromatic heterocycles. The summed E-state index contributed by atoms with van der Waals surface area (Å²) in [4.78, 5) is 44.1. The molecule has 2 aromatic rings. The highest BCUT2D eigenvalue weighted by Crippen LogP contribution is 2.35. The molecule has 2 heterocycles. The van der Waals surface area contributed by atoms with Gasteiger partial charge in [-0.2, -0.15) is 0 Å². The van der Waals surface area contributed by atoms with Gasteiger partial charge in [0.25, 0.3) is 5.56 Å². The predicted octanol–water partition coefficient (Wildman–Crippen LogP) is 0.787. The number of amides is 2. The lowest BCUT2D eigenvalue weighted by molar-refractivity contribution is -0.131. The van der Waals surface area contributed by atoms with Crippen molar-refractivity contribution < 1.29 is 9.59 Å². The van der Waals surface area contributed by atoms with Crippen molar-refractivity contribution in [3.63, 3.8) is 0 Å². The Morgan fingerprint density at radius 1 is 1.44 bits per heavy atom. The van der Waals surface area contributed by atoms with E-state index in [1.165, 1.54) is 20.7 Å². The van der Waals surface area contributed by atoms with Crippen molar-refractivity contribution in [1.82, 2.24) is 19.8 Å². The molecule has 0 bridgehead atoms. The normalized spacial score (nSPS) is 16.5. The molecule has 0 unspecified atom stereocenters. The summed E-state index contributed by atoms with van der Waals surface area (Å²) in [6.45, 7) is 2.00. The highest BCUT2D eigenvalue weighted by molar-refractivity contribution is 7.18. The van der Waals surface area contributed by atoms with Crippen LogP contribution in [0.25, 0.3) is 10.2 Å². The average molecular weight is 362 g/mol. The summed E-state index contributed by atoms with van der Waals surface area (Å²) in [5, 5.41) is 3.19. The molecule has 3 rings (SSSR count). The van der Waals surface area contributed by atoms with E-state index in [9.17, 15) is 14.4 Å². The fraction of sp³-hybridized carbons (Fsp3) is 0.529. The minimum atomic E-state index is -0.379. The number of aryl methyl sites for hydroxylation is 1. The van der Waals surface area contributed by atoms with Crippen molar-refractivity contribution in [1.29, 1.82) is 0 Å². The van der Waals surface area contributed by atoms with Gasteiger partial charge in [0.2, 0.25) is 11.8 Å². The molecule has 0 spiro atoms. The average Bonchev–Trinajstić information content (AvgIpc) is 2.93. The topological polar surface area (TPSA) is 84.3 Å². The molecule has 2 amide bonds. The van der Waals surface area contributed by atoms with E-state index in [1.807, 2.05) is 0 Å². The number of likely N-dealkylation sites (N-methyl/N-ethyl adjacent to an activating group) is 1. The summed E-state index contributed by atoms with van der Waals surface area (Å²) in [6, 6.07) is 0. The van der Waals surface area contributed by atoms with Crippen LogP contribution in [0.4, 0.5) is 0 Å². The van der Waals surface area contributed by atoms with E-state index in [-0.39, 0.29) is 30.5 Å². The molecule has 1 atom stereocenters. The summed E-state index contributed by atoms with van der Waals surface area (Å²) in [5.41, 5.74) is 0.930. The summed E-state index contributed by atoms with van der Waals surface area (Å²) in [7, 11) is 3.24. The maximum Gasteiger partial charge on any atom is 0.262 e. The van der Waals surface area contributed by atoms with E-state index in [0.29, 0.717) is 11.3 Å². The third-order valence-electron chi connectivity index (χ3n) is 4.53. The molecule has 0 saturated carbocycles. The summed E-state index contributed by atoms with van der Waals surface area (Å²) in [6.07, 6.45) is 4.37. The van der Waals surface area contributed by atoms with E-state index >= 15 is 0 Å². The molecule has 1 aliphatic rings. The molecule has 1 aliphatic carbocycles. The molecule has 0 fully saturated rings. The number of nitrogens with zero attached hydrogens (tertiary/aromatic N) is 3. The molecule has 1 N–H and O–H groups in total. The van der Waals surface area contributed by atoms with Gasteiger partial charge in [-0.25, -0.2) is 4.98 Å². The van der Waals surface area contributed by atoms with Crippen LogP contribution >= 0.6 is 11.3 Å². The zero-order chi connectivity index (χ0) is 18.1. The van der Waals surface area contributed by atoms with Crippen LogP contribution in [0, 0.1) is 5.92 Å². The van der Waals surface area contributed by atoms with Crippen molar-refractivity contribution in [2.75, 3.05) is 20.6 Å². The minimum Gasteiger partial charge on any atom is -0.347 e. The van der Waals surface area contributed by atoms with Crippen LogP contribution in [0.1, 0.15) is 23.8 Å². The zero-order valence-corrected chi connectivity index (χ0v) is 15.5. The standard InChI is InChI=1S/C17H22N4O3S/c1-10-4-5-11-12(6-10)25-16-15(11)17(24)21(9-19-16)8-13(22)18-7-14(23)20(2)3/h9-10H,4-8H2,1-3H3,(H,18,22)/t10-/m1/s1. The Bertz CT molecular complexity index is 884. The van der Waals surface area contributed by atoms with Crippen LogP contribution in [0.5, 0.6) is 0 Å². The van der Waals surface area contributed by atoms with Gasteiger partial charge in [0.05, 0.1) is 18.3 Å². The predicted molar refractivity (Wildman–Crippen MR) is 96.8 cm³/mol. The molecule has 134 valence electrons. The van der Waals surface area contributed by atoms with Gasteiger partial charge in [-0.3, -0.25) is 19.0 Å². The van der Waals surface area contributed by atoms with Crippen LogP contribution in [-0.4, -0.2) is 46.9 Å². The van der Waals surface area contributed by atoms with Crippen LogP contribution in [0.15, 0.2) is 11.1 Å². The Morgan fingerprint density at radius 3 is 2.92 bits per heavy atom. The Morgan fingerprint density at radius 2 is 2.20 bits per heavy atom. The molecule has 8 heteroatoms. The highest BCUT2D eigenvalue weighted by atomic mass is 32.1. The van der Waals surface area contributed by atoms with Gasteiger partial charge in [-0.1, -0.05) is 6.92 Å². The van der Waals surface area contributed by atoms with E-state index in [2.05, 4.69) is 17.2 Å². The van der Waals surface area contributed by atoms with Crippen molar-refractivity contribution in [2.45, 2.75) is 32.7 Å². The maximum atomic E-state index is 12.8. The van der Waals surface area contributed by atoms with E-state index in [4.69, 9.17) is 0 Å². The van der Waals surface area contributed by atoms with Gasteiger partial charge in [0.15, 0.2) is 0 Å². The number of hydrogen-bond donors (Lipinski definition) is 1. The van der Waals surface area contributed by atoms with Crippen LogP contribution < -0.4 is 10.9 Å². The molecule has 0 saturated heterocycles. The first-order chi connectivity index (χ1) is 11.9. The fourth-order valence-electron chi connectivity index (χ4n) is 3.02. The Kier molecular flexibility index (Phi) is 4.89. The molecule has 7 nitrogen and oxygen atoms in total. The lowest BCUT2D eigenvalue weighted by atomic mass is 9.89. The van der Waals surface area contributed by atoms with Gasteiger partial charge in [-0.15, -0.1) is 11.3 Å². The van der Waals surface area contributed by atoms with E-state index < -0.39 is 0 Å². The molecular weight excluding hydrogens is 340 g/mol. The van der Waals surface area contributed by atoms with Gasteiger partial charge >= 0.3 is 0 Å². The van der Waals surface area contributed by atoms with Gasteiger partial charge in [-0.05, 0) is 30.7 Å². The van der Waals surface area contributed by atoms with Crippen LogP contribution in [0.3, 0.4) is 0 Å². The quantitative estimate of drug-likeness (QED) is 0.871. The monoisotopic (exact) mass is 362 g/mol. The summed E-state index contributed by atoms with van der Waals surface area (Å²) in [5.74, 6) is 0.0502. The smallest absolute Gasteiger partial charge is 0.262 e. The number of fused-ring (bicyclic) bond motifs is 3. The molecule has 0 aliphatic heterocycles. The second-order valence-electron chi connectivity index (χ2n) is 6.77. The molecule has 0 radical (unpaired) electrons. The number of thiophene rings is 1. The fourth-order valence-corrected chi connectivity index (χ4v) is 4.36. The van der Waals surface area contributed by atoms with Crippen molar-refractivity contribution in [3.05, 3.63) is 27.1 Å². The largest absolute Gasteiger partial charge is 0.347 e. The highest BCUT2D eigenvalue weighted by Gasteiger charge is 2.23. The van der Waals surface area contributed by atoms with Gasteiger partial charge in [0.1, 0.15) is 11.4 Å². The number of aromatic nitrogens is 2. The zero-order valence-electron chi connectivity index (χ0n) is 14.7. The number of carbonyl (C=O) groups is 2. The van der Waals surface area contributed by atoms with Gasteiger partial charge < -0.3 is 10.2 Å². The van der Waals surface area contributed by atoms with Crippen LogP contribution in [-0.2, 0) is 29.0 Å². The van der Waals surface area contributed by atoms with Crippen molar-refractivity contribution in [3.8, 4) is 0 Å². The SMILES string of the molecule is C[C@@H]1CCc2c(sc3ncn(CC(=O)NCC(=O)N(C)C)c(=O)c23)C1. The second kappa shape index (κ2) is 6.95. The lowest BCUT2D eigenvalue weighted by Gasteiger charge is -2.17. The third-order valence-corrected chi connectivity index (χ3v) is 5.69. The Hall–Kier alpha value is -2.22. The van der Waals surface area contributed by atoms with E-state index in [1.54, 1.807) is 25.4 Å². The first-order valence-electron chi connectivity index (χ1n) is 8.33. The van der Waals surface area contributed by atoms with E-state index in [0.717, 1.165) is 29.7 Å². The summed E-state index contributed by atoms with van der Waals surface area (Å²) < 4.78 is 1.32. The summed E-state index contributed by atoms with van der Waals surface area (Å²) >= 11 is 1.59. The first kappa shape index (κ1) is 17.6. The minimum absolute atomic E-state index is 0.0814. The lowest BCUT2D eigenvalue weighted by Crippen LogP contribution is -2.39. The number of hydrogen-bond acceptors (Lipinski definition) is 5. The Balaban J connectivity index is 1.81. The van der Waals surface area contributed by atoms with Crippen molar-refractivity contribution >= 4 is 33.4 Å². The molecular formula is C17H22N4O3S. The number of nitrogens with one attached hydrogen (secondary N) is 1. The molecule has 0 aromatic carbocycles. The second-order valence-corrected chi connectivity index (χ2v) is 7.86. The van der Waals surface area contributed by atoms with Gasteiger partial charge in [0, 0.05) is 19.0 Å². The maximum absolute atomic E-state index is 12.8. The number of rotatable bonds is 4. The van der Waals surface area contributed by atoms with Crippen molar-refractivity contribution in [2.24, 2.45) is 5.92 Å². The third kappa shape index (κ3) is 3.58. The van der Waals surface area contributed by atoms with Crippen LogP contribution in [0.2, 0.25) is 0 Å². The number of carbonyl (C=O) groups excluding carboxylic acids is 2. The molecule has 25 heavy (non-hydrogen) atoms.